The van der Waals surface area contributed by atoms with E-state index in [0.29, 0.717) is 38.2 Å². The van der Waals surface area contributed by atoms with Gasteiger partial charge < -0.3 is 9.80 Å². The minimum atomic E-state index is -3.80. The Morgan fingerprint density at radius 1 is 1.04 bits per heavy atom. The van der Waals surface area contributed by atoms with Crippen LogP contribution in [0, 0.1) is 0 Å². The van der Waals surface area contributed by atoms with Crippen LogP contribution >= 0.6 is 10.7 Å². The van der Waals surface area contributed by atoms with E-state index in [1.54, 1.807) is 9.80 Å². The number of hydrogen-bond donors (Lipinski definition) is 0. The number of halogens is 1. The molecule has 2 rings (SSSR count). The number of nitrogens with zero attached hydrogens (tertiary/aromatic N) is 2. The maximum absolute atomic E-state index is 12.6. The summed E-state index contributed by atoms with van der Waals surface area (Å²) in [5, 5.41) is 0. The van der Waals surface area contributed by atoms with Crippen molar-refractivity contribution in [2.45, 2.75) is 31.1 Å². The van der Waals surface area contributed by atoms with Gasteiger partial charge in [0.1, 0.15) is 0 Å². The molecular formula is C16H21ClN2O4S. The Morgan fingerprint density at radius 2 is 1.62 bits per heavy atom. The lowest BCUT2D eigenvalue weighted by Crippen LogP contribution is -2.37. The highest BCUT2D eigenvalue weighted by atomic mass is 35.7. The minimum absolute atomic E-state index is 0.0343. The van der Waals surface area contributed by atoms with Crippen LogP contribution in [0.2, 0.25) is 0 Å². The van der Waals surface area contributed by atoms with Gasteiger partial charge in [0.05, 0.1) is 4.90 Å². The summed E-state index contributed by atoms with van der Waals surface area (Å²) < 4.78 is 22.5. The Labute approximate surface area is 146 Å². The van der Waals surface area contributed by atoms with Crippen LogP contribution in [0.5, 0.6) is 0 Å². The first-order valence-electron chi connectivity index (χ1n) is 7.94. The normalized spacial score (nSPS) is 15.9. The molecule has 132 valence electrons. The molecule has 6 nitrogen and oxygen atoms in total. The molecular weight excluding hydrogens is 352 g/mol. The molecule has 0 saturated carbocycles. The topological polar surface area (TPSA) is 74.8 Å². The second kappa shape index (κ2) is 7.98. The van der Waals surface area contributed by atoms with Gasteiger partial charge in [0.25, 0.3) is 15.0 Å². The van der Waals surface area contributed by atoms with E-state index in [4.69, 9.17) is 10.7 Å². The van der Waals surface area contributed by atoms with Gasteiger partial charge in [-0.1, -0.05) is 6.92 Å². The largest absolute Gasteiger partial charge is 0.341 e. The zero-order valence-corrected chi connectivity index (χ0v) is 15.1. The van der Waals surface area contributed by atoms with Crippen molar-refractivity contribution in [1.29, 1.82) is 0 Å². The number of carbonyl (C=O) groups is 2. The summed E-state index contributed by atoms with van der Waals surface area (Å²) in [5.41, 5.74) is 0.410. The molecule has 2 amide bonds. The van der Waals surface area contributed by atoms with E-state index < -0.39 is 9.05 Å². The Hall–Kier alpha value is -1.60. The Morgan fingerprint density at radius 3 is 2.21 bits per heavy atom. The lowest BCUT2D eigenvalue weighted by Gasteiger charge is -2.22. The first-order chi connectivity index (χ1) is 11.3. The zero-order chi connectivity index (χ0) is 17.7. The number of benzene rings is 1. The molecule has 0 spiro atoms. The molecule has 24 heavy (non-hydrogen) atoms. The highest BCUT2D eigenvalue weighted by Gasteiger charge is 2.22. The van der Waals surface area contributed by atoms with Gasteiger partial charge >= 0.3 is 0 Å². The molecule has 1 saturated heterocycles. The molecule has 1 aromatic carbocycles. The monoisotopic (exact) mass is 372 g/mol. The molecule has 1 heterocycles. The molecule has 0 bridgehead atoms. The van der Waals surface area contributed by atoms with Gasteiger partial charge in [0.2, 0.25) is 5.91 Å². The number of carbonyl (C=O) groups excluding carboxylic acids is 2. The first kappa shape index (κ1) is 18.7. The fraction of sp³-hybridized carbons (Fsp3) is 0.500. The smallest absolute Gasteiger partial charge is 0.261 e. The Kier molecular flexibility index (Phi) is 6.23. The summed E-state index contributed by atoms with van der Waals surface area (Å²) in [7, 11) is 1.48. The van der Waals surface area contributed by atoms with Gasteiger partial charge in [0, 0.05) is 48.8 Å². The highest BCUT2D eigenvalue weighted by molar-refractivity contribution is 8.13. The van der Waals surface area contributed by atoms with Crippen molar-refractivity contribution in [2.75, 3.05) is 26.2 Å². The maximum atomic E-state index is 12.6. The number of amides is 2. The molecule has 0 aliphatic carbocycles. The van der Waals surface area contributed by atoms with E-state index in [-0.39, 0.29) is 16.7 Å². The quantitative estimate of drug-likeness (QED) is 0.758. The van der Waals surface area contributed by atoms with Gasteiger partial charge in [-0.05, 0) is 37.1 Å². The Balaban J connectivity index is 2.04. The minimum Gasteiger partial charge on any atom is -0.341 e. The lowest BCUT2D eigenvalue weighted by atomic mass is 10.2. The van der Waals surface area contributed by atoms with E-state index in [1.807, 2.05) is 6.92 Å². The maximum Gasteiger partial charge on any atom is 0.261 e. The second-order valence-electron chi connectivity index (χ2n) is 5.74. The van der Waals surface area contributed by atoms with Gasteiger partial charge in [0.15, 0.2) is 0 Å². The van der Waals surface area contributed by atoms with Crippen LogP contribution in [0.25, 0.3) is 0 Å². The van der Waals surface area contributed by atoms with Crippen LogP contribution in [0.3, 0.4) is 0 Å². The van der Waals surface area contributed by atoms with E-state index in [2.05, 4.69) is 0 Å². The predicted octanol–water partition coefficient (Wildman–Crippen LogP) is 2.09. The van der Waals surface area contributed by atoms with Crippen molar-refractivity contribution < 1.29 is 18.0 Å². The van der Waals surface area contributed by atoms with Gasteiger partial charge in [-0.15, -0.1) is 0 Å². The fourth-order valence-electron chi connectivity index (χ4n) is 2.68. The third-order valence-electron chi connectivity index (χ3n) is 3.98. The van der Waals surface area contributed by atoms with E-state index >= 15 is 0 Å². The molecule has 1 fully saturated rings. The first-order valence-corrected chi connectivity index (χ1v) is 10.3. The van der Waals surface area contributed by atoms with Gasteiger partial charge in [-0.2, -0.15) is 0 Å². The average molecular weight is 373 g/mol. The van der Waals surface area contributed by atoms with Gasteiger partial charge in [-0.25, -0.2) is 8.42 Å². The Bertz CT molecular complexity index is 703. The summed E-state index contributed by atoms with van der Waals surface area (Å²) in [4.78, 5) is 28.0. The molecule has 0 radical (unpaired) electrons. The van der Waals surface area contributed by atoms with E-state index in [0.717, 1.165) is 12.8 Å². The van der Waals surface area contributed by atoms with Crippen LogP contribution in [0.15, 0.2) is 29.2 Å². The second-order valence-corrected chi connectivity index (χ2v) is 8.30. The van der Waals surface area contributed by atoms with Crippen molar-refractivity contribution >= 4 is 31.5 Å². The number of rotatable bonds is 4. The molecule has 1 aromatic rings. The summed E-state index contributed by atoms with van der Waals surface area (Å²) in [6.07, 6.45) is 2.07. The van der Waals surface area contributed by atoms with Crippen LogP contribution in [-0.4, -0.2) is 56.2 Å². The van der Waals surface area contributed by atoms with Crippen molar-refractivity contribution in [2.24, 2.45) is 0 Å². The SMILES string of the molecule is CCCC(=O)N1CCCN(C(=O)c2ccc(S(=O)(=O)Cl)cc2)CC1. The predicted molar refractivity (Wildman–Crippen MR) is 91.5 cm³/mol. The van der Waals surface area contributed by atoms with Crippen LogP contribution in [0.4, 0.5) is 0 Å². The van der Waals surface area contributed by atoms with E-state index in [9.17, 15) is 18.0 Å². The van der Waals surface area contributed by atoms with E-state index in [1.165, 1.54) is 24.3 Å². The summed E-state index contributed by atoms with van der Waals surface area (Å²) >= 11 is 0. The summed E-state index contributed by atoms with van der Waals surface area (Å²) in [6, 6.07) is 5.57. The third-order valence-corrected chi connectivity index (χ3v) is 5.35. The van der Waals surface area contributed by atoms with Crippen molar-refractivity contribution in [1.82, 2.24) is 9.80 Å². The van der Waals surface area contributed by atoms with Crippen molar-refractivity contribution in [3.63, 3.8) is 0 Å². The number of hydrogen-bond acceptors (Lipinski definition) is 4. The van der Waals surface area contributed by atoms with Crippen molar-refractivity contribution in [3.05, 3.63) is 29.8 Å². The molecule has 0 N–H and O–H groups in total. The van der Waals surface area contributed by atoms with Crippen LogP contribution in [0.1, 0.15) is 36.5 Å². The average Bonchev–Trinajstić information content (AvgIpc) is 2.80. The molecule has 0 unspecified atom stereocenters. The molecule has 0 atom stereocenters. The fourth-order valence-corrected chi connectivity index (χ4v) is 3.45. The van der Waals surface area contributed by atoms with Crippen molar-refractivity contribution in [3.8, 4) is 0 Å². The van der Waals surface area contributed by atoms with Gasteiger partial charge in [-0.3, -0.25) is 9.59 Å². The summed E-state index contributed by atoms with van der Waals surface area (Å²) in [6.45, 7) is 4.20. The molecule has 1 aliphatic rings. The standard InChI is InChI=1S/C16H21ClN2O4S/c1-2-4-15(20)18-9-3-10-19(12-11-18)16(21)13-5-7-14(8-6-13)24(17,22)23/h5-8H,2-4,9-12H2,1H3. The molecule has 1 aliphatic heterocycles. The summed E-state index contributed by atoms with van der Waals surface area (Å²) in [5.74, 6) is -0.0400. The molecule has 0 aromatic heterocycles. The molecule has 8 heteroatoms. The van der Waals surface area contributed by atoms with Crippen LogP contribution < -0.4 is 0 Å². The zero-order valence-electron chi connectivity index (χ0n) is 13.6. The third kappa shape index (κ3) is 4.70. The van der Waals surface area contributed by atoms with Crippen LogP contribution in [-0.2, 0) is 13.8 Å². The lowest BCUT2D eigenvalue weighted by molar-refractivity contribution is -0.131. The highest BCUT2D eigenvalue weighted by Crippen LogP contribution is 2.17.